The molecule has 0 atom stereocenters. The third-order valence-electron chi connectivity index (χ3n) is 3.15. The molecule has 1 aromatic carbocycles. The Balaban J connectivity index is 2.44. The van der Waals surface area contributed by atoms with Gasteiger partial charge in [0.25, 0.3) is 5.69 Å². The van der Waals surface area contributed by atoms with Crippen molar-refractivity contribution in [1.29, 1.82) is 0 Å². The van der Waals surface area contributed by atoms with E-state index in [1.807, 2.05) is 0 Å². The highest BCUT2D eigenvalue weighted by molar-refractivity contribution is 5.93. The SMILES string of the molecule is O=C1CCN(c2cc(C(=O)O)c([N+](=O)[O-])cc2F)CCN1. The second-order valence-electron chi connectivity index (χ2n) is 4.47. The summed E-state index contributed by atoms with van der Waals surface area (Å²) in [5.74, 6) is -2.58. The number of hydrogen-bond donors (Lipinski definition) is 2. The molecule has 1 aromatic rings. The highest BCUT2D eigenvalue weighted by atomic mass is 19.1. The average molecular weight is 297 g/mol. The molecule has 2 N–H and O–H groups in total. The number of benzene rings is 1. The summed E-state index contributed by atoms with van der Waals surface area (Å²) < 4.78 is 14.0. The normalized spacial score (nSPS) is 15.3. The van der Waals surface area contributed by atoms with Crippen LogP contribution in [0, 0.1) is 15.9 Å². The molecule has 112 valence electrons. The van der Waals surface area contributed by atoms with Crippen molar-refractivity contribution in [3.8, 4) is 0 Å². The van der Waals surface area contributed by atoms with Gasteiger partial charge in [0.05, 0.1) is 16.7 Å². The van der Waals surface area contributed by atoms with E-state index in [9.17, 15) is 24.1 Å². The van der Waals surface area contributed by atoms with Gasteiger partial charge in [0.15, 0.2) is 5.82 Å². The molecule has 9 heteroatoms. The van der Waals surface area contributed by atoms with Gasteiger partial charge in [-0.2, -0.15) is 0 Å². The van der Waals surface area contributed by atoms with E-state index in [0.717, 1.165) is 6.07 Å². The minimum atomic E-state index is -1.51. The van der Waals surface area contributed by atoms with Crippen molar-refractivity contribution in [1.82, 2.24) is 5.32 Å². The van der Waals surface area contributed by atoms with Crippen molar-refractivity contribution < 1.29 is 24.0 Å². The Kier molecular flexibility index (Phi) is 4.01. The molecule has 2 rings (SSSR count). The quantitative estimate of drug-likeness (QED) is 0.629. The van der Waals surface area contributed by atoms with Crippen molar-refractivity contribution in [2.45, 2.75) is 6.42 Å². The fourth-order valence-electron chi connectivity index (χ4n) is 2.12. The van der Waals surface area contributed by atoms with E-state index in [1.54, 1.807) is 0 Å². The lowest BCUT2D eigenvalue weighted by atomic mass is 10.1. The van der Waals surface area contributed by atoms with E-state index in [0.29, 0.717) is 12.6 Å². The van der Waals surface area contributed by atoms with Crippen LogP contribution in [-0.4, -0.2) is 41.5 Å². The van der Waals surface area contributed by atoms with Gasteiger partial charge < -0.3 is 15.3 Å². The van der Waals surface area contributed by atoms with Gasteiger partial charge in [-0.15, -0.1) is 0 Å². The van der Waals surface area contributed by atoms with Crippen LogP contribution >= 0.6 is 0 Å². The number of anilines is 1. The number of nitro benzene ring substituents is 1. The van der Waals surface area contributed by atoms with Crippen LogP contribution in [0.5, 0.6) is 0 Å². The van der Waals surface area contributed by atoms with Gasteiger partial charge in [-0.1, -0.05) is 0 Å². The zero-order valence-electron chi connectivity index (χ0n) is 10.8. The number of amides is 1. The van der Waals surface area contributed by atoms with Gasteiger partial charge in [-0.25, -0.2) is 9.18 Å². The van der Waals surface area contributed by atoms with Gasteiger partial charge in [0.1, 0.15) is 5.56 Å². The number of carbonyl (C=O) groups is 2. The van der Waals surface area contributed by atoms with Crippen molar-refractivity contribution in [2.24, 2.45) is 0 Å². The molecular formula is C12H12FN3O5. The maximum atomic E-state index is 14.0. The minimum Gasteiger partial charge on any atom is -0.477 e. The summed E-state index contributed by atoms with van der Waals surface area (Å²) in [6.07, 6.45) is 0.138. The van der Waals surface area contributed by atoms with Crippen LogP contribution < -0.4 is 10.2 Å². The number of carboxylic acids is 1. The monoisotopic (exact) mass is 297 g/mol. The Labute approximate surface area is 118 Å². The molecule has 0 aliphatic carbocycles. The van der Waals surface area contributed by atoms with E-state index >= 15 is 0 Å². The molecule has 1 heterocycles. The van der Waals surface area contributed by atoms with Crippen LogP contribution in [0.4, 0.5) is 15.8 Å². The third-order valence-corrected chi connectivity index (χ3v) is 3.15. The number of aromatic carboxylic acids is 1. The second kappa shape index (κ2) is 5.73. The van der Waals surface area contributed by atoms with Crippen molar-refractivity contribution >= 4 is 23.3 Å². The molecule has 21 heavy (non-hydrogen) atoms. The summed E-state index contributed by atoms with van der Waals surface area (Å²) in [5.41, 5.74) is -1.44. The topological polar surface area (TPSA) is 113 Å². The number of nitrogens with one attached hydrogen (secondary N) is 1. The van der Waals surface area contributed by atoms with Crippen molar-refractivity contribution in [2.75, 3.05) is 24.5 Å². The first kappa shape index (κ1) is 14.7. The van der Waals surface area contributed by atoms with E-state index < -0.39 is 28.0 Å². The minimum absolute atomic E-state index is 0.0606. The van der Waals surface area contributed by atoms with Gasteiger partial charge in [0, 0.05) is 26.1 Å². The zero-order valence-corrected chi connectivity index (χ0v) is 10.8. The van der Waals surface area contributed by atoms with Gasteiger partial charge in [-0.3, -0.25) is 14.9 Å². The molecule has 1 aliphatic heterocycles. The van der Waals surface area contributed by atoms with Crippen molar-refractivity contribution in [3.05, 3.63) is 33.6 Å². The highest BCUT2D eigenvalue weighted by Gasteiger charge is 2.26. The molecule has 0 spiro atoms. The van der Waals surface area contributed by atoms with E-state index in [4.69, 9.17) is 5.11 Å². The second-order valence-corrected chi connectivity index (χ2v) is 4.47. The van der Waals surface area contributed by atoms with E-state index in [-0.39, 0.29) is 31.1 Å². The number of nitrogens with zero attached hydrogens (tertiary/aromatic N) is 2. The Morgan fingerprint density at radius 3 is 2.76 bits per heavy atom. The van der Waals surface area contributed by atoms with Gasteiger partial charge in [-0.05, 0) is 6.07 Å². The van der Waals surface area contributed by atoms with Crippen LogP contribution in [0.3, 0.4) is 0 Å². The lowest BCUT2D eigenvalue weighted by molar-refractivity contribution is -0.385. The molecule has 1 aliphatic rings. The number of carboxylic acid groups (broad SMARTS) is 1. The van der Waals surface area contributed by atoms with Gasteiger partial charge >= 0.3 is 5.97 Å². The fourth-order valence-corrected chi connectivity index (χ4v) is 2.12. The Morgan fingerprint density at radius 2 is 2.14 bits per heavy atom. The third kappa shape index (κ3) is 3.07. The van der Waals surface area contributed by atoms with E-state index in [1.165, 1.54) is 4.90 Å². The average Bonchev–Trinajstić information content (AvgIpc) is 2.63. The molecule has 1 amide bonds. The molecule has 0 radical (unpaired) electrons. The summed E-state index contributed by atoms with van der Waals surface area (Å²) in [7, 11) is 0. The standard InChI is InChI=1S/C12H12FN3O5/c13-8-6-9(16(20)21)7(12(18)19)5-10(8)15-3-1-11(17)14-2-4-15/h5-6H,1-4H2,(H,14,17)(H,18,19). The van der Waals surface area contributed by atoms with Crippen LogP contribution in [0.25, 0.3) is 0 Å². The number of halogens is 1. The lowest BCUT2D eigenvalue weighted by Crippen LogP contribution is -2.29. The smallest absolute Gasteiger partial charge is 0.342 e. The first-order valence-electron chi connectivity index (χ1n) is 6.13. The van der Waals surface area contributed by atoms with Crippen molar-refractivity contribution in [3.63, 3.8) is 0 Å². The first-order chi connectivity index (χ1) is 9.90. The summed E-state index contributed by atoms with van der Waals surface area (Å²) in [6, 6.07) is 1.53. The number of carbonyl (C=O) groups excluding carboxylic acids is 1. The lowest BCUT2D eigenvalue weighted by Gasteiger charge is -2.22. The molecule has 8 nitrogen and oxygen atoms in total. The molecule has 1 fully saturated rings. The predicted molar refractivity (Wildman–Crippen MR) is 69.9 cm³/mol. The summed E-state index contributed by atoms with van der Waals surface area (Å²) >= 11 is 0. The largest absolute Gasteiger partial charge is 0.477 e. The highest BCUT2D eigenvalue weighted by Crippen LogP contribution is 2.29. The molecule has 0 unspecified atom stereocenters. The Morgan fingerprint density at radius 1 is 1.43 bits per heavy atom. The fraction of sp³-hybridized carbons (Fsp3) is 0.333. The number of hydrogen-bond acceptors (Lipinski definition) is 5. The van der Waals surface area contributed by atoms with Crippen LogP contribution in [0.15, 0.2) is 12.1 Å². The molecule has 0 saturated carbocycles. The van der Waals surface area contributed by atoms with Crippen LogP contribution in [-0.2, 0) is 4.79 Å². The first-order valence-corrected chi connectivity index (χ1v) is 6.13. The molecule has 0 aromatic heterocycles. The van der Waals surface area contributed by atoms with Gasteiger partial charge in [0.2, 0.25) is 5.91 Å². The number of nitro groups is 1. The number of rotatable bonds is 3. The maximum absolute atomic E-state index is 14.0. The summed E-state index contributed by atoms with van der Waals surface area (Å²) in [6.45, 7) is 0.789. The summed E-state index contributed by atoms with van der Waals surface area (Å²) in [4.78, 5) is 33.6. The zero-order chi connectivity index (χ0) is 15.6. The molecular weight excluding hydrogens is 285 g/mol. The Bertz CT molecular complexity index is 619. The maximum Gasteiger partial charge on any atom is 0.342 e. The van der Waals surface area contributed by atoms with E-state index in [2.05, 4.69) is 5.32 Å². The van der Waals surface area contributed by atoms with Crippen LogP contribution in [0.2, 0.25) is 0 Å². The molecule has 1 saturated heterocycles. The predicted octanol–water partition coefficient (Wildman–Crippen LogP) is 0.758. The van der Waals surface area contributed by atoms with Crippen LogP contribution in [0.1, 0.15) is 16.8 Å². The summed E-state index contributed by atoms with van der Waals surface area (Å²) in [5, 5.41) is 22.4. The Hall–Kier alpha value is -2.71. The molecule has 0 bridgehead atoms.